The predicted molar refractivity (Wildman–Crippen MR) is 128 cm³/mol. The number of ether oxygens (including phenoxy) is 3. The smallest absolute Gasteiger partial charge is 0.264 e. The van der Waals surface area contributed by atoms with Crippen molar-refractivity contribution in [2.45, 2.75) is 18.4 Å². The van der Waals surface area contributed by atoms with Crippen LogP contribution >= 0.6 is 11.6 Å². The number of fused-ring (bicyclic) bond motifs is 1. The molecular weight excluding hydrogens is 480 g/mol. The summed E-state index contributed by atoms with van der Waals surface area (Å²) in [4.78, 5) is 12.9. The van der Waals surface area contributed by atoms with Crippen LogP contribution in [0, 0.1) is 0 Å². The zero-order chi connectivity index (χ0) is 24.1. The van der Waals surface area contributed by atoms with Crippen molar-refractivity contribution in [3.05, 3.63) is 77.3 Å². The largest absolute Gasteiger partial charge is 0.492 e. The molecule has 0 fully saturated rings. The maximum absolute atomic E-state index is 13.6. The minimum atomic E-state index is -4.10. The number of carbonyl (C=O) groups is 1. The highest BCUT2D eigenvalue weighted by Crippen LogP contribution is 2.34. The molecule has 1 aliphatic rings. The molecule has 10 heteroatoms. The number of hydrogen-bond acceptors (Lipinski definition) is 6. The number of nitrogens with one attached hydrogen (secondary N) is 1. The van der Waals surface area contributed by atoms with Crippen LogP contribution in [-0.2, 0) is 21.4 Å². The lowest BCUT2D eigenvalue weighted by Gasteiger charge is -2.26. The first-order chi connectivity index (χ1) is 16.4. The van der Waals surface area contributed by atoms with Crippen molar-refractivity contribution in [1.29, 1.82) is 0 Å². The SMILES string of the molecule is CCOc1ccccc1N(CC(=O)NCc1ccc2c(c1)OCO2)S(=O)(=O)c1ccc(Cl)cc1. The second-order valence-electron chi connectivity index (χ2n) is 7.33. The normalized spacial score (nSPS) is 12.3. The molecule has 0 saturated heterocycles. The fourth-order valence-electron chi connectivity index (χ4n) is 3.41. The van der Waals surface area contributed by atoms with Gasteiger partial charge in [0.1, 0.15) is 12.3 Å². The Hall–Kier alpha value is -3.43. The van der Waals surface area contributed by atoms with Gasteiger partial charge in [0, 0.05) is 11.6 Å². The van der Waals surface area contributed by atoms with Gasteiger partial charge in [-0.2, -0.15) is 0 Å². The molecule has 0 saturated carbocycles. The highest BCUT2D eigenvalue weighted by atomic mass is 35.5. The third-order valence-electron chi connectivity index (χ3n) is 5.05. The molecule has 1 amide bonds. The van der Waals surface area contributed by atoms with Gasteiger partial charge in [-0.25, -0.2) is 8.42 Å². The Morgan fingerprint density at radius 3 is 2.56 bits per heavy atom. The highest BCUT2D eigenvalue weighted by molar-refractivity contribution is 7.92. The molecule has 1 N–H and O–H groups in total. The van der Waals surface area contributed by atoms with Crippen molar-refractivity contribution in [3.63, 3.8) is 0 Å². The highest BCUT2D eigenvalue weighted by Gasteiger charge is 2.29. The van der Waals surface area contributed by atoms with Crippen molar-refractivity contribution in [3.8, 4) is 17.2 Å². The van der Waals surface area contributed by atoms with Gasteiger partial charge in [0.15, 0.2) is 11.5 Å². The van der Waals surface area contributed by atoms with Crippen molar-refractivity contribution in [2.24, 2.45) is 0 Å². The maximum Gasteiger partial charge on any atom is 0.264 e. The van der Waals surface area contributed by atoms with E-state index in [1.54, 1.807) is 49.4 Å². The molecule has 0 unspecified atom stereocenters. The van der Waals surface area contributed by atoms with Crippen molar-refractivity contribution in [2.75, 3.05) is 24.2 Å². The van der Waals surface area contributed by atoms with Crippen LogP contribution in [0.15, 0.2) is 71.6 Å². The Labute approximate surface area is 203 Å². The number of carbonyl (C=O) groups excluding carboxylic acids is 1. The molecule has 3 aromatic rings. The molecule has 178 valence electrons. The first kappa shape index (κ1) is 23.7. The summed E-state index contributed by atoms with van der Waals surface area (Å²) in [6.07, 6.45) is 0. The second kappa shape index (κ2) is 10.2. The first-order valence-corrected chi connectivity index (χ1v) is 12.4. The maximum atomic E-state index is 13.6. The molecular formula is C24H23ClN2O6S. The summed E-state index contributed by atoms with van der Waals surface area (Å²) >= 11 is 5.93. The summed E-state index contributed by atoms with van der Waals surface area (Å²) in [7, 11) is -4.10. The van der Waals surface area contributed by atoms with Crippen LogP contribution < -0.4 is 23.8 Å². The summed E-state index contributed by atoms with van der Waals surface area (Å²) in [5.74, 6) is 1.11. The van der Waals surface area contributed by atoms with Gasteiger partial charge < -0.3 is 19.5 Å². The number of hydrogen-bond donors (Lipinski definition) is 1. The molecule has 8 nitrogen and oxygen atoms in total. The van der Waals surface area contributed by atoms with E-state index in [2.05, 4.69) is 5.32 Å². The molecule has 1 aliphatic heterocycles. The number of anilines is 1. The van der Waals surface area contributed by atoms with E-state index in [-0.39, 0.29) is 23.9 Å². The van der Waals surface area contributed by atoms with Gasteiger partial charge in [0.2, 0.25) is 12.7 Å². The summed E-state index contributed by atoms with van der Waals surface area (Å²) in [5, 5.41) is 3.18. The van der Waals surface area contributed by atoms with Crippen molar-refractivity contribution < 1.29 is 27.4 Å². The molecule has 0 atom stereocenters. The van der Waals surface area contributed by atoms with Gasteiger partial charge in [-0.15, -0.1) is 0 Å². The summed E-state index contributed by atoms with van der Waals surface area (Å²) in [5.41, 5.74) is 1.05. The summed E-state index contributed by atoms with van der Waals surface area (Å²) in [6, 6.07) is 17.8. The zero-order valence-corrected chi connectivity index (χ0v) is 19.9. The Balaban J connectivity index is 1.59. The minimum absolute atomic E-state index is 0.00627. The topological polar surface area (TPSA) is 94.2 Å². The van der Waals surface area contributed by atoms with E-state index < -0.39 is 22.5 Å². The Bertz CT molecular complexity index is 1280. The Morgan fingerprint density at radius 2 is 1.79 bits per heavy atom. The number of rotatable bonds is 9. The number of nitrogens with zero attached hydrogens (tertiary/aromatic N) is 1. The fraction of sp³-hybridized carbons (Fsp3) is 0.208. The number of benzene rings is 3. The van der Waals surface area contributed by atoms with Gasteiger partial charge in [-0.05, 0) is 61.0 Å². The third-order valence-corrected chi connectivity index (χ3v) is 7.08. The molecule has 0 aromatic heterocycles. The average Bonchev–Trinajstić information content (AvgIpc) is 3.30. The lowest BCUT2D eigenvalue weighted by atomic mass is 10.2. The zero-order valence-electron chi connectivity index (χ0n) is 18.4. The van der Waals surface area contributed by atoms with E-state index in [0.29, 0.717) is 28.9 Å². The van der Waals surface area contributed by atoms with Crippen LogP contribution in [-0.4, -0.2) is 34.3 Å². The molecule has 4 rings (SSSR count). The van der Waals surface area contributed by atoms with Crippen LogP contribution in [0.25, 0.3) is 0 Å². The first-order valence-electron chi connectivity index (χ1n) is 10.5. The van der Waals surface area contributed by atoms with Gasteiger partial charge >= 0.3 is 0 Å². The van der Waals surface area contributed by atoms with Crippen molar-refractivity contribution in [1.82, 2.24) is 5.32 Å². The van der Waals surface area contributed by atoms with Crippen LogP contribution in [0.1, 0.15) is 12.5 Å². The van der Waals surface area contributed by atoms with E-state index in [1.165, 1.54) is 24.3 Å². The lowest BCUT2D eigenvalue weighted by molar-refractivity contribution is -0.119. The fourth-order valence-corrected chi connectivity index (χ4v) is 4.97. The molecule has 0 bridgehead atoms. The molecule has 1 heterocycles. The van der Waals surface area contributed by atoms with Crippen LogP contribution in [0.4, 0.5) is 5.69 Å². The van der Waals surface area contributed by atoms with E-state index >= 15 is 0 Å². The van der Waals surface area contributed by atoms with Crippen LogP contribution in [0.5, 0.6) is 17.2 Å². The van der Waals surface area contributed by atoms with Crippen LogP contribution in [0.2, 0.25) is 5.02 Å². The quantitative estimate of drug-likeness (QED) is 0.475. The van der Waals surface area contributed by atoms with E-state index in [9.17, 15) is 13.2 Å². The van der Waals surface area contributed by atoms with Gasteiger partial charge in [-0.3, -0.25) is 9.10 Å². The van der Waals surface area contributed by atoms with Crippen LogP contribution in [0.3, 0.4) is 0 Å². The standard InChI is InChI=1S/C24H23ClN2O6S/c1-2-31-21-6-4-3-5-20(21)27(34(29,30)19-10-8-18(25)9-11-19)15-24(28)26-14-17-7-12-22-23(13-17)33-16-32-22/h3-13H,2,14-16H2,1H3,(H,26,28). The number of sulfonamides is 1. The lowest BCUT2D eigenvalue weighted by Crippen LogP contribution is -2.40. The van der Waals surface area contributed by atoms with Gasteiger partial charge in [0.25, 0.3) is 10.0 Å². The Morgan fingerprint density at radius 1 is 1.06 bits per heavy atom. The van der Waals surface area contributed by atoms with E-state index in [4.69, 9.17) is 25.8 Å². The van der Waals surface area contributed by atoms with Gasteiger partial charge in [0.05, 0.1) is 17.2 Å². The summed E-state index contributed by atoms with van der Waals surface area (Å²) < 4.78 is 44.4. The Kier molecular flexibility index (Phi) is 7.14. The van der Waals surface area contributed by atoms with Gasteiger partial charge in [-0.1, -0.05) is 29.8 Å². The number of halogens is 1. The molecule has 0 radical (unpaired) electrons. The predicted octanol–water partition coefficient (Wildman–Crippen LogP) is 3.98. The number of para-hydroxylation sites is 2. The minimum Gasteiger partial charge on any atom is -0.492 e. The monoisotopic (exact) mass is 502 g/mol. The molecule has 34 heavy (non-hydrogen) atoms. The third kappa shape index (κ3) is 5.21. The molecule has 3 aromatic carbocycles. The van der Waals surface area contributed by atoms with E-state index in [1.807, 2.05) is 0 Å². The van der Waals surface area contributed by atoms with E-state index in [0.717, 1.165) is 9.87 Å². The van der Waals surface area contributed by atoms with Crippen molar-refractivity contribution >= 4 is 33.2 Å². The second-order valence-corrected chi connectivity index (χ2v) is 9.63. The average molecular weight is 503 g/mol. The summed E-state index contributed by atoms with van der Waals surface area (Å²) in [6.45, 7) is 2.04. The molecule has 0 aliphatic carbocycles. The number of amides is 1. The molecule has 0 spiro atoms.